The van der Waals surface area contributed by atoms with Gasteiger partial charge in [-0.15, -0.1) is 0 Å². The average Bonchev–Trinajstić information content (AvgIpc) is 2.56. The second-order valence-electron chi connectivity index (χ2n) is 2.59. The molecular weight excluding hydrogens is 204 g/mol. The first-order chi connectivity index (χ1) is 6.68. The molecule has 0 radical (unpaired) electrons. The molecule has 0 aliphatic carbocycles. The molecule has 0 aromatic carbocycles. The van der Waals surface area contributed by atoms with E-state index < -0.39 is 5.91 Å². The Morgan fingerprint density at radius 3 is 2.93 bits per heavy atom. The van der Waals surface area contributed by atoms with E-state index in [0.717, 1.165) is 5.56 Å². The zero-order chi connectivity index (χ0) is 10.4. The first-order valence-electron chi connectivity index (χ1n) is 3.88. The lowest BCUT2D eigenvalue weighted by Gasteiger charge is -2.02. The van der Waals surface area contributed by atoms with Crippen molar-refractivity contribution in [2.45, 2.75) is 6.42 Å². The molecule has 0 aliphatic rings. The maximum Gasteiger partial charge on any atom is 0.247 e. The lowest BCUT2D eigenvalue weighted by Crippen LogP contribution is -2.30. The summed E-state index contributed by atoms with van der Waals surface area (Å²) < 4.78 is 0. The smallest absolute Gasteiger partial charge is 0.247 e. The summed E-state index contributed by atoms with van der Waals surface area (Å²) in [6.45, 7) is -0.310. The van der Waals surface area contributed by atoms with Gasteiger partial charge >= 0.3 is 0 Å². The highest BCUT2D eigenvalue weighted by Crippen LogP contribution is 2.05. The average molecular weight is 214 g/mol. The first kappa shape index (κ1) is 10.7. The Hall–Kier alpha value is -1.40. The van der Waals surface area contributed by atoms with Crippen LogP contribution in [0.4, 0.5) is 0 Å². The molecule has 0 spiro atoms. The number of hydroxylamine groups is 1. The van der Waals surface area contributed by atoms with Crippen LogP contribution in [0.5, 0.6) is 0 Å². The van der Waals surface area contributed by atoms with E-state index in [1.54, 1.807) is 0 Å². The van der Waals surface area contributed by atoms with Crippen LogP contribution in [-0.4, -0.2) is 18.4 Å². The van der Waals surface area contributed by atoms with Gasteiger partial charge in [0.05, 0.1) is 6.42 Å². The molecule has 0 saturated heterocycles. The number of carbonyl (C=O) groups excluding carboxylic acids is 2. The van der Waals surface area contributed by atoms with Crippen molar-refractivity contribution in [2.24, 2.45) is 5.73 Å². The third-order valence-corrected chi connectivity index (χ3v) is 2.08. The van der Waals surface area contributed by atoms with Gasteiger partial charge in [0.15, 0.2) is 6.61 Å². The van der Waals surface area contributed by atoms with Crippen molar-refractivity contribution >= 4 is 23.2 Å². The summed E-state index contributed by atoms with van der Waals surface area (Å²) >= 11 is 1.52. The van der Waals surface area contributed by atoms with Crippen LogP contribution in [0.2, 0.25) is 0 Å². The van der Waals surface area contributed by atoms with Gasteiger partial charge in [-0.25, -0.2) is 5.48 Å². The topological polar surface area (TPSA) is 81.4 Å². The van der Waals surface area contributed by atoms with Crippen molar-refractivity contribution in [3.8, 4) is 0 Å². The Morgan fingerprint density at radius 1 is 1.57 bits per heavy atom. The van der Waals surface area contributed by atoms with Crippen LogP contribution >= 0.6 is 11.3 Å². The molecule has 0 fully saturated rings. The Labute approximate surface area is 84.8 Å². The van der Waals surface area contributed by atoms with Crippen molar-refractivity contribution in [3.05, 3.63) is 22.4 Å². The van der Waals surface area contributed by atoms with Gasteiger partial charge in [-0.1, -0.05) is 0 Å². The molecule has 2 amide bonds. The van der Waals surface area contributed by atoms with Crippen molar-refractivity contribution < 1.29 is 14.4 Å². The van der Waals surface area contributed by atoms with E-state index in [0.29, 0.717) is 0 Å². The largest absolute Gasteiger partial charge is 0.368 e. The fourth-order valence-corrected chi connectivity index (χ4v) is 1.47. The van der Waals surface area contributed by atoms with Gasteiger partial charge in [0.2, 0.25) is 11.8 Å². The molecule has 6 heteroatoms. The van der Waals surface area contributed by atoms with Crippen LogP contribution in [0, 0.1) is 0 Å². The second kappa shape index (κ2) is 5.36. The van der Waals surface area contributed by atoms with E-state index in [9.17, 15) is 9.59 Å². The second-order valence-corrected chi connectivity index (χ2v) is 3.37. The zero-order valence-corrected chi connectivity index (χ0v) is 8.17. The highest BCUT2D eigenvalue weighted by molar-refractivity contribution is 7.07. The highest BCUT2D eigenvalue weighted by Gasteiger charge is 2.03. The number of rotatable bonds is 5. The number of hydrogen-bond donors (Lipinski definition) is 2. The summed E-state index contributed by atoms with van der Waals surface area (Å²) in [5.74, 6) is -0.925. The molecule has 1 heterocycles. The summed E-state index contributed by atoms with van der Waals surface area (Å²) in [5, 5.41) is 3.75. The van der Waals surface area contributed by atoms with E-state index >= 15 is 0 Å². The van der Waals surface area contributed by atoms with Gasteiger partial charge < -0.3 is 5.73 Å². The predicted octanol–water partition coefficient (Wildman–Crippen LogP) is -0.176. The molecule has 0 unspecified atom stereocenters. The standard InChI is InChI=1S/C8H10N2O3S/c9-7(11)4-13-10-8(12)3-6-1-2-14-5-6/h1-2,5H,3-4H2,(H2,9,11)(H,10,12). The van der Waals surface area contributed by atoms with E-state index in [2.05, 4.69) is 10.3 Å². The minimum Gasteiger partial charge on any atom is -0.368 e. The van der Waals surface area contributed by atoms with Crippen LogP contribution in [0.15, 0.2) is 16.8 Å². The van der Waals surface area contributed by atoms with Gasteiger partial charge in [0, 0.05) is 0 Å². The number of nitrogens with two attached hydrogens (primary N) is 1. The lowest BCUT2D eigenvalue weighted by molar-refractivity contribution is -0.137. The van der Waals surface area contributed by atoms with Gasteiger partial charge in [0.1, 0.15) is 0 Å². The number of hydrogen-bond acceptors (Lipinski definition) is 4. The zero-order valence-electron chi connectivity index (χ0n) is 7.36. The van der Waals surface area contributed by atoms with E-state index in [-0.39, 0.29) is 18.9 Å². The van der Waals surface area contributed by atoms with E-state index in [1.165, 1.54) is 11.3 Å². The number of carbonyl (C=O) groups is 2. The highest BCUT2D eigenvalue weighted by atomic mass is 32.1. The van der Waals surface area contributed by atoms with Crippen LogP contribution in [-0.2, 0) is 20.8 Å². The van der Waals surface area contributed by atoms with Gasteiger partial charge in [-0.05, 0) is 22.4 Å². The minimum atomic E-state index is -0.624. The SMILES string of the molecule is NC(=O)CONC(=O)Cc1ccsc1. The van der Waals surface area contributed by atoms with E-state index in [1.807, 2.05) is 16.8 Å². The first-order valence-corrected chi connectivity index (χ1v) is 4.83. The molecule has 0 saturated carbocycles. The van der Waals surface area contributed by atoms with Crippen LogP contribution in [0.3, 0.4) is 0 Å². The molecule has 14 heavy (non-hydrogen) atoms. The Kier molecular flexibility index (Phi) is 4.09. The van der Waals surface area contributed by atoms with Crippen LogP contribution in [0.25, 0.3) is 0 Å². The fourth-order valence-electron chi connectivity index (χ4n) is 0.802. The summed E-state index contributed by atoms with van der Waals surface area (Å²) in [6.07, 6.45) is 0.238. The summed E-state index contributed by atoms with van der Waals surface area (Å²) in [4.78, 5) is 25.9. The number of nitrogens with one attached hydrogen (secondary N) is 1. The minimum absolute atomic E-state index is 0.238. The van der Waals surface area contributed by atoms with Crippen molar-refractivity contribution in [1.82, 2.24) is 5.48 Å². The molecule has 3 N–H and O–H groups in total. The molecular formula is C8H10N2O3S. The van der Waals surface area contributed by atoms with Gasteiger partial charge in [-0.2, -0.15) is 11.3 Å². The third-order valence-electron chi connectivity index (χ3n) is 1.35. The maximum absolute atomic E-state index is 11.1. The summed E-state index contributed by atoms with van der Waals surface area (Å²) in [5.41, 5.74) is 7.83. The lowest BCUT2D eigenvalue weighted by atomic mass is 10.2. The van der Waals surface area contributed by atoms with Crippen LogP contribution in [0.1, 0.15) is 5.56 Å². The Morgan fingerprint density at radius 2 is 2.36 bits per heavy atom. The predicted molar refractivity (Wildman–Crippen MR) is 51.3 cm³/mol. The Bertz CT molecular complexity index is 310. The molecule has 1 aromatic rings. The van der Waals surface area contributed by atoms with Crippen molar-refractivity contribution in [3.63, 3.8) is 0 Å². The van der Waals surface area contributed by atoms with Crippen LogP contribution < -0.4 is 11.2 Å². The molecule has 0 bridgehead atoms. The number of primary amides is 1. The van der Waals surface area contributed by atoms with Crippen molar-refractivity contribution in [2.75, 3.05) is 6.61 Å². The Balaban J connectivity index is 2.20. The van der Waals surface area contributed by atoms with Gasteiger partial charge in [-0.3, -0.25) is 14.4 Å². The summed E-state index contributed by atoms with van der Waals surface area (Å²) in [7, 11) is 0. The maximum atomic E-state index is 11.1. The monoisotopic (exact) mass is 214 g/mol. The number of thiophene rings is 1. The molecule has 76 valence electrons. The molecule has 5 nitrogen and oxygen atoms in total. The number of amides is 2. The molecule has 1 aromatic heterocycles. The third kappa shape index (κ3) is 4.01. The van der Waals surface area contributed by atoms with E-state index in [4.69, 9.17) is 5.73 Å². The van der Waals surface area contributed by atoms with Crippen molar-refractivity contribution in [1.29, 1.82) is 0 Å². The normalized spacial score (nSPS) is 9.71. The summed E-state index contributed by atoms with van der Waals surface area (Å²) in [6, 6.07) is 1.85. The molecule has 1 rings (SSSR count). The molecule has 0 aliphatic heterocycles. The quantitative estimate of drug-likeness (QED) is 0.667. The molecule has 0 atom stereocenters. The fraction of sp³-hybridized carbons (Fsp3) is 0.250. The van der Waals surface area contributed by atoms with Gasteiger partial charge in [0.25, 0.3) is 0 Å².